The second-order valence-electron chi connectivity index (χ2n) is 7.57. The zero-order valence-corrected chi connectivity index (χ0v) is 21.3. The van der Waals surface area contributed by atoms with Crippen LogP contribution in [0.15, 0.2) is 41.3 Å². The maximum atomic E-state index is 12.9. The zero-order chi connectivity index (χ0) is 26.6. The van der Waals surface area contributed by atoms with Gasteiger partial charge in [-0.2, -0.15) is 0 Å². The summed E-state index contributed by atoms with van der Waals surface area (Å²) >= 11 is 0. The van der Waals surface area contributed by atoms with Crippen LogP contribution in [-0.4, -0.2) is 60.7 Å². The summed E-state index contributed by atoms with van der Waals surface area (Å²) in [6.07, 6.45) is 0.823. The third kappa shape index (κ3) is 7.03. The number of nitrogens with one attached hydrogen (secondary N) is 2. The molecule has 0 aliphatic heterocycles. The Morgan fingerprint density at radius 1 is 1.06 bits per heavy atom. The molecule has 13 nitrogen and oxygen atoms in total. The number of methoxy groups -OCH3 is 2. The van der Waals surface area contributed by atoms with Gasteiger partial charge in [-0.15, -0.1) is 0 Å². The summed E-state index contributed by atoms with van der Waals surface area (Å²) in [5, 5.41) is 13.6. The Labute approximate surface area is 203 Å². The Hall–Kier alpha value is -3.43. The van der Waals surface area contributed by atoms with E-state index < -0.39 is 43.1 Å². The highest BCUT2D eigenvalue weighted by Gasteiger charge is 2.27. The van der Waals surface area contributed by atoms with Gasteiger partial charge < -0.3 is 14.8 Å². The number of hydrogen-bond donors (Lipinski definition) is 2. The van der Waals surface area contributed by atoms with Gasteiger partial charge in [0.1, 0.15) is 23.7 Å². The number of nitro benzene ring substituents is 1. The van der Waals surface area contributed by atoms with E-state index in [9.17, 15) is 31.7 Å². The first-order valence-corrected chi connectivity index (χ1v) is 13.3. The molecule has 0 atom stereocenters. The summed E-state index contributed by atoms with van der Waals surface area (Å²) in [7, 11) is -5.45. The normalized spacial score (nSPS) is 11.7. The summed E-state index contributed by atoms with van der Waals surface area (Å²) in [5.41, 5.74) is -0.653. The minimum Gasteiger partial charge on any atom is -0.495 e. The number of ether oxygens (including phenoxy) is 2. The van der Waals surface area contributed by atoms with Crippen LogP contribution in [-0.2, 0) is 24.8 Å². The number of rotatable bonds is 11. The van der Waals surface area contributed by atoms with Crippen LogP contribution in [0.3, 0.4) is 0 Å². The van der Waals surface area contributed by atoms with Crippen LogP contribution in [0.25, 0.3) is 0 Å². The number of nitrogens with zero attached hydrogens (tertiary/aromatic N) is 2. The largest absolute Gasteiger partial charge is 0.495 e. The highest BCUT2D eigenvalue weighted by atomic mass is 32.2. The second kappa shape index (κ2) is 10.9. The SMILES string of the molecule is COc1ccc(S(=O)(=O)NC(C)C)cc1NC(=O)CN(c1cc([N+](=O)[O-])ccc1OC)S(C)(=O)=O. The van der Waals surface area contributed by atoms with Crippen molar-refractivity contribution < 1.29 is 36.0 Å². The fourth-order valence-corrected chi connectivity index (χ4v) is 5.15. The fraction of sp³-hybridized carbons (Fsp3) is 0.350. The smallest absolute Gasteiger partial charge is 0.271 e. The van der Waals surface area contributed by atoms with E-state index in [1.54, 1.807) is 13.8 Å². The van der Waals surface area contributed by atoms with Gasteiger partial charge in [0.05, 0.1) is 36.0 Å². The van der Waals surface area contributed by atoms with E-state index in [1.165, 1.54) is 38.5 Å². The maximum Gasteiger partial charge on any atom is 0.271 e. The zero-order valence-electron chi connectivity index (χ0n) is 19.6. The van der Waals surface area contributed by atoms with Crippen molar-refractivity contribution in [2.24, 2.45) is 0 Å². The molecule has 15 heteroatoms. The lowest BCUT2D eigenvalue weighted by Gasteiger charge is -2.24. The van der Waals surface area contributed by atoms with Crippen LogP contribution in [0.1, 0.15) is 13.8 Å². The molecule has 0 heterocycles. The number of amides is 1. The molecule has 0 bridgehead atoms. The van der Waals surface area contributed by atoms with Gasteiger partial charge in [0.2, 0.25) is 26.0 Å². The predicted molar refractivity (Wildman–Crippen MR) is 129 cm³/mol. The third-order valence-corrected chi connectivity index (χ3v) is 7.26. The van der Waals surface area contributed by atoms with Gasteiger partial charge in [-0.05, 0) is 38.1 Å². The molecule has 0 aromatic heterocycles. The molecule has 0 fully saturated rings. The minimum atomic E-state index is -4.11. The molecule has 35 heavy (non-hydrogen) atoms. The molecule has 0 saturated carbocycles. The molecule has 2 aromatic rings. The number of anilines is 2. The Morgan fingerprint density at radius 3 is 2.17 bits per heavy atom. The van der Waals surface area contributed by atoms with Crippen molar-refractivity contribution in [1.82, 2.24) is 4.72 Å². The lowest BCUT2D eigenvalue weighted by Crippen LogP contribution is -2.37. The van der Waals surface area contributed by atoms with Gasteiger partial charge >= 0.3 is 0 Å². The number of benzene rings is 2. The minimum absolute atomic E-state index is 0.0146. The average Bonchev–Trinajstić information content (AvgIpc) is 2.75. The quantitative estimate of drug-likeness (QED) is 0.324. The number of non-ortho nitro benzene ring substituents is 1. The van der Waals surface area contributed by atoms with Crippen molar-refractivity contribution in [3.8, 4) is 11.5 Å². The van der Waals surface area contributed by atoms with Crippen molar-refractivity contribution >= 4 is 43.0 Å². The first-order chi connectivity index (χ1) is 16.2. The maximum absolute atomic E-state index is 12.9. The van der Waals surface area contributed by atoms with Crippen LogP contribution >= 0.6 is 0 Å². The van der Waals surface area contributed by atoms with Crippen molar-refractivity contribution in [2.45, 2.75) is 24.8 Å². The highest BCUT2D eigenvalue weighted by molar-refractivity contribution is 7.92. The van der Waals surface area contributed by atoms with Gasteiger partial charge in [-0.3, -0.25) is 19.2 Å². The molecule has 0 aliphatic rings. The molecule has 2 aromatic carbocycles. The highest BCUT2D eigenvalue weighted by Crippen LogP contribution is 2.34. The third-order valence-electron chi connectivity index (χ3n) is 4.48. The summed E-state index contributed by atoms with van der Waals surface area (Å²) < 4.78 is 63.4. The Balaban J connectivity index is 2.45. The van der Waals surface area contributed by atoms with E-state index in [1.807, 2.05) is 0 Å². The summed E-state index contributed by atoms with van der Waals surface area (Å²) in [6, 6.07) is 6.72. The summed E-state index contributed by atoms with van der Waals surface area (Å²) in [4.78, 5) is 23.2. The number of carbonyl (C=O) groups excluding carboxylic acids is 1. The van der Waals surface area contributed by atoms with E-state index in [2.05, 4.69) is 10.0 Å². The topological polar surface area (TPSA) is 174 Å². The molecule has 0 unspecified atom stereocenters. The van der Waals surface area contributed by atoms with Crippen LogP contribution in [0.2, 0.25) is 0 Å². The lowest BCUT2D eigenvalue weighted by molar-refractivity contribution is -0.384. The van der Waals surface area contributed by atoms with Crippen LogP contribution in [0.5, 0.6) is 11.5 Å². The van der Waals surface area contributed by atoms with Crippen molar-refractivity contribution in [1.29, 1.82) is 0 Å². The monoisotopic (exact) mass is 530 g/mol. The van der Waals surface area contributed by atoms with Crippen LogP contribution in [0, 0.1) is 10.1 Å². The molecular formula is C20H26N4O9S2. The average molecular weight is 531 g/mol. The lowest BCUT2D eigenvalue weighted by atomic mass is 10.2. The molecule has 1 amide bonds. The standard InChI is InChI=1S/C20H26N4O9S2/c1-13(2)22-35(30,31)15-7-9-18(32-3)16(11-15)21-20(25)12-23(34(5,28)29)17-10-14(24(26)27)6-8-19(17)33-4/h6-11,13,22H,12H2,1-5H3,(H,21,25). The number of sulfonamides is 2. The summed E-state index contributed by atoms with van der Waals surface area (Å²) in [5.74, 6) is -0.756. The molecule has 0 saturated heterocycles. The molecule has 0 spiro atoms. The van der Waals surface area contributed by atoms with Crippen LogP contribution < -0.4 is 23.8 Å². The van der Waals surface area contributed by atoms with E-state index in [4.69, 9.17) is 9.47 Å². The Bertz CT molecular complexity index is 1330. The Kier molecular flexibility index (Phi) is 8.64. The second-order valence-corrected chi connectivity index (χ2v) is 11.2. The van der Waals surface area contributed by atoms with Gasteiger partial charge in [0, 0.05) is 18.2 Å². The van der Waals surface area contributed by atoms with Crippen LogP contribution in [0.4, 0.5) is 17.1 Å². The van der Waals surface area contributed by atoms with Crippen molar-refractivity contribution in [3.05, 3.63) is 46.5 Å². The molecule has 0 aliphatic carbocycles. The molecule has 2 rings (SSSR count). The predicted octanol–water partition coefficient (Wildman–Crippen LogP) is 1.70. The van der Waals surface area contributed by atoms with Crippen molar-refractivity contribution in [2.75, 3.05) is 36.6 Å². The molecular weight excluding hydrogens is 504 g/mol. The van der Waals surface area contributed by atoms with E-state index in [0.717, 1.165) is 18.4 Å². The first kappa shape index (κ1) is 27.8. The van der Waals surface area contributed by atoms with E-state index in [-0.39, 0.29) is 33.8 Å². The van der Waals surface area contributed by atoms with E-state index in [0.29, 0.717) is 4.31 Å². The van der Waals surface area contributed by atoms with Crippen molar-refractivity contribution in [3.63, 3.8) is 0 Å². The van der Waals surface area contributed by atoms with Gasteiger partial charge in [0.25, 0.3) is 5.69 Å². The Morgan fingerprint density at radius 2 is 1.66 bits per heavy atom. The fourth-order valence-electron chi connectivity index (χ4n) is 3.02. The number of nitro groups is 1. The molecule has 0 radical (unpaired) electrons. The molecule has 2 N–H and O–H groups in total. The number of hydrogen-bond acceptors (Lipinski definition) is 9. The summed E-state index contributed by atoms with van der Waals surface area (Å²) in [6.45, 7) is 2.50. The van der Waals surface area contributed by atoms with E-state index >= 15 is 0 Å². The molecule has 192 valence electrons. The van der Waals surface area contributed by atoms with Gasteiger partial charge in [0.15, 0.2) is 0 Å². The number of carbonyl (C=O) groups is 1. The first-order valence-electron chi connectivity index (χ1n) is 10.00. The van der Waals surface area contributed by atoms with Gasteiger partial charge in [-0.25, -0.2) is 21.6 Å². The van der Waals surface area contributed by atoms with Gasteiger partial charge in [-0.1, -0.05) is 0 Å².